The zero-order valence-electron chi connectivity index (χ0n) is 9.41. The molecule has 16 heavy (non-hydrogen) atoms. The van der Waals surface area contributed by atoms with Crippen molar-refractivity contribution in [3.63, 3.8) is 0 Å². The Labute approximate surface area is 104 Å². The first kappa shape index (κ1) is 11.9. The van der Waals surface area contributed by atoms with E-state index in [4.69, 9.17) is 0 Å². The molecule has 1 heterocycles. The maximum atomic E-state index is 9.26. The molecule has 1 fully saturated rings. The highest BCUT2D eigenvalue weighted by Gasteiger charge is 2.26. The minimum Gasteiger partial charge on any atom is -0.396 e. The topological polar surface area (TPSA) is 45.2 Å². The van der Waals surface area contributed by atoms with Crippen LogP contribution >= 0.6 is 15.9 Å². The number of aromatic nitrogens is 1. The van der Waals surface area contributed by atoms with Crippen molar-refractivity contribution >= 4 is 21.7 Å². The fourth-order valence-corrected chi connectivity index (χ4v) is 2.76. The van der Waals surface area contributed by atoms with Gasteiger partial charge in [-0.05, 0) is 47.3 Å². The third-order valence-electron chi connectivity index (χ3n) is 3.26. The lowest BCUT2D eigenvalue weighted by atomic mass is 10.1. The van der Waals surface area contributed by atoms with Gasteiger partial charge in [0.05, 0.1) is 0 Å². The number of rotatable bonds is 3. The van der Waals surface area contributed by atoms with Crippen LogP contribution in [0.3, 0.4) is 0 Å². The maximum absolute atomic E-state index is 9.26. The number of hydrogen-bond donors (Lipinski definition) is 2. The molecule has 0 saturated heterocycles. The number of nitrogens with one attached hydrogen (secondary N) is 1. The second kappa shape index (κ2) is 5.15. The van der Waals surface area contributed by atoms with Crippen molar-refractivity contribution in [2.45, 2.75) is 32.2 Å². The molecule has 0 bridgehead atoms. The average Bonchev–Trinajstić information content (AvgIpc) is 2.69. The second-order valence-corrected chi connectivity index (χ2v) is 5.36. The van der Waals surface area contributed by atoms with Crippen LogP contribution in [-0.4, -0.2) is 22.7 Å². The monoisotopic (exact) mass is 284 g/mol. The normalized spacial score (nSPS) is 24.7. The molecule has 0 amide bonds. The van der Waals surface area contributed by atoms with Crippen molar-refractivity contribution in [3.8, 4) is 0 Å². The van der Waals surface area contributed by atoms with Gasteiger partial charge in [-0.1, -0.05) is 6.42 Å². The predicted molar refractivity (Wildman–Crippen MR) is 68.5 cm³/mol. The number of hydrogen-bond acceptors (Lipinski definition) is 3. The lowest BCUT2D eigenvalue weighted by molar-refractivity contribution is 0.222. The molecule has 1 aliphatic rings. The fraction of sp³-hybridized carbons (Fsp3) is 0.583. The first-order valence-corrected chi connectivity index (χ1v) is 6.49. The van der Waals surface area contributed by atoms with Gasteiger partial charge in [0.1, 0.15) is 5.82 Å². The van der Waals surface area contributed by atoms with Crippen molar-refractivity contribution in [1.29, 1.82) is 0 Å². The summed E-state index contributed by atoms with van der Waals surface area (Å²) >= 11 is 3.40. The summed E-state index contributed by atoms with van der Waals surface area (Å²) in [6.07, 6.45) is 5.24. The van der Waals surface area contributed by atoms with Gasteiger partial charge in [0, 0.05) is 29.2 Å². The molecule has 2 rings (SSSR count). The zero-order valence-corrected chi connectivity index (χ0v) is 11.0. The maximum Gasteiger partial charge on any atom is 0.129 e. The molecule has 4 heteroatoms. The van der Waals surface area contributed by atoms with Crippen molar-refractivity contribution < 1.29 is 5.11 Å². The summed E-state index contributed by atoms with van der Waals surface area (Å²) in [6.45, 7) is 2.32. The third kappa shape index (κ3) is 2.55. The van der Waals surface area contributed by atoms with Gasteiger partial charge >= 0.3 is 0 Å². The van der Waals surface area contributed by atoms with Gasteiger partial charge < -0.3 is 10.4 Å². The Kier molecular flexibility index (Phi) is 3.82. The first-order valence-electron chi connectivity index (χ1n) is 5.70. The van der Waals surface area contributed by atoms with E-state index in [1.165, 1.54) is 6.42 Å². The van der Waals surface area contributed by atoms with Gasteiger partial charge in [0.25, 0.3) is 0 Å². The molecular weight excluding hydrogens is 268 g/mol. The van der Waals surface area contributed by atoms with Gasteiger partial charge in [-0.2, -0.15) is 0 Å². The van der Waals surface area contributed by atoms with E-state index in [0.717, 1.165) is 28.7 Å². The van der Waals surface area contributed by atoms with E-state index in [0.29, 0.717) is 12.0 Å². The lowest BCUT2D eigenvalue weighted by Crippen LogP contribution is -2.27. The lowest BCUT2D eigenvalue weighted by Gasteiger charge is -2.20. The van der Waals surface area contributed by atoms with Crippen molar-refractivity contribution in [2.75, 3.05) is 11.9 Å². The van der Waals surface area contributed by atoms with E-state index in [-0.39, 0.29) is 6.61 Å². The molecule has 2 N–H and O–H groups in total. The fourth-order valence-electron chi connectivity index (χ4n) is 2.31. The van der Waals surface area contributed by atoms with Crippen molar-refractivity contribution in [1.82, 2.24) is 4.98 Å². The van der Waals surface area contributed by atoms with Crippen LogP contribution in [0.15, 0.2) is 16.7 Å². The van der Waals surface area contributed by atoms with Gasteiger partial charge in [0.2, 0.25) is 0 Å². The highest BCUT2D eigenvalue weighted by molar-refractivity contribution is 9.10. The number of aryl methyl sites for hydroxylation is 1. The van der Waals surface area contributed by atoms with Crippen molar-refractivity contribution in [2.24, 2.45) is 5.92 Å². The number of aliphatic hydroxyl groups excluding tert-OH is 1. The molecule has 2 atom stereocenters. The second-order valence-electron chi connectivity index (χ2n) is 4.44. The molecule has 3 nitrogen and oxygen atoms in total. The van der Waals surface area contributed by atoms with Crippen LogP contribution < -0.4 is 5.32 Å². The van der Waals surface area contributed by atoms with E-state index in [1.54, 1.807) is 6.20 Å². The Bertz CT molecular complexity index is 370. The predicted octanol–water partition coefficient (Wildman–Crippen LogP) is 2.73. The molecule has 1 aromatic rings. The average molecular weight is 285 g/mol. The summed E-state index contributed by atoms with van der Waals surface area (Å²) in [7, 11) is 0. The number of nitrogens with zero attached hydrogens (tertiary/aromatic N) is 1. The highest BCUT2D eigenvalue weighted by atomic mass is 79.9. The van der Waals surface area contributed by atoms with Crippen LogP contribution in [-0.2, 0) is 0 Å². The molecule has 0 aromatic carbocycles. The highest BCUT2D eigenvalue weighted by Crippen LogP contribution is 2.28. The molecule has 88 valence electrons. The van der Waals surface area contributed by atoms with Crippen LogP contribution in [0.1, 0.15) is 24.8 Å². The Hall–Kier alpha value is -0.610. The van der Waals surface area contributed by atoms with E-state index in [1.807, 2.05) is 6.92 Å². The standard InChI is InChI=1S/C12H17BrN2O/c1-8-5-10(13)6-14-12(8)15-11-4-2-3-9(11)7-16/h5-6,9,11,16H,2-4,7H2,1H3,(H,14,15). The van der Waals surface area contributed by atoms with Crippen LogP contribution in [0.25, 0.3) is 0 Å². The summed E-state index contributed by atoms with van der Waals surface area (Å²) in [5.74, 6) is 1.32. The summed E-state index contributed by atoms with van der Waals surface area (Å²) in [6, 6.07) is 2.43. The van der Waals surface area contributed by atoms with Gasteiger partial charge in [-0.15, -0.1) is 0 Å². The summed E-state index contributed by atoms with van der Waals surface area (Å²) in [5, 5.41) is 12.7. The van der Waals surface area contributed by atoms with E-state index in [2.05, 4.69) is 32.3 Å². The Balaban J connectivity index is 2.08. The Morgan fingerprint density at radius 3 is 3.06 bits per heavy atom. The summed E-state index contributed by atoms with van der Waals surface area (Å²) < 4.78 is 1.00. The van der Waals surface area contributed by atoms with Crippen molar-refractivity contribution in [3.05, 3.63) is 22.3 Å². The molecule has 0 aliphatic heterocycles. The van der Waals surface area contributed by atoms with Crippen LogP contribution in [0.5, 0.6) is 0 Å². The molecule has 1 aromatic heterocycles. The Morgan fingerprint density at radius 1 is 1.56 bits per heavy atom. The first-order chi connectivity index (χ1) is 7.70. The van der Waals surface area contributed by atoms with E-state index in [9.17, 15) is 5.11 Å². The van der Waals surface area contributed by atoms with Gasteiger partial charge in [-0.3, -0.25) is 0 Å². The minimum absolute atomic E-state index is 0.271. The molecule has 0 spiro atoms. The zero-order chi connectivity index (χ0) is 11.5. The smallest absolute Gasteiger partial charge is 0.129 e. The molecule has 1 saturated carbocycles. The van der Waals surface area contributed by atoms with Gasteiger partial charge in [0.15, 0.2) is 0 Å². The summed E-state index contributed by atoms with van der Waals surface area (Å²) in [4.78, 5) is 4.37. The number of halogens is 1. The van der Waals surface area contributed by atoms with Crippen LogP contribution in [0.2, 0.25) is 0 Å². The van der Waals surface area contributed by atoms with E-state index >= 15 is 0 Å². The minimum atomic E-state index is 0.271. The Morgan fingerprint density at radius 2 is 2.38 bits per heavy atom. The van der Waals surface area contributed by atoms with Crippen LogP contribution in [0, 0.1) is 12.8 Å². The number of pyridine rings is 1. The molecule has 2 unspecified atom stereocenters. The van der Waals surface area contributed by atoms with Gasteiger partial charge in [-0.25, -0.2) is 4.98 Å². The molecule has 0 radical (unpaired) electrons. The SMILES string of the molecule is Cc1cc(Br)cnc1NC1CCCC1CO. The quantitative estimate of drug-likeness (QED) is 0.897. The van der Waals surface area contributed by atoms with Crippen LogP contribution in [0.4, 0.5) is 5.82 Å². The van der Waals surface area contributed by atoms with E-state index < -0.39 is 0 Å². The number of anilines is 1. The number of aliphatic hydroxyl groups is 1. The summed E-state index contributed by atoms with van der Waals surface area (Å²) in [5.41, 5.74) is 1.14. The molecular formula is C12H17BrN2O. The largest absolute Gasteiger partial charge is 0.396 e. The molecule has 1 aliphatic carbocycles. The third-order valence-corrected chi connectivity index (χ3v) is 3.69.